The van der Waals surface area contributed by atoms with Crippen molar-refractivity contribution in [3.8, 4) is 0 Å². The molecule has 0 spiro atoms. The second-order valence-electron chi connectivity index (χ2n) is 4.39. The van der Waals surface area contributed by atoms with E-state index in [-0.39, 0.29) is 30.6 Å². The second kappa shape index (κ2) is 7.90. The summed E-state index contributed by atoms with van der Waals surface area (Å²) in [7, 11) is 1.91. The molecule has 0 saturated heterocycles. The predicted octanol–water partition coefficient (Wildman–Crippen LogP) is -2.10. The number of hydrogen-bond donors (Lipinski definition) is 1. The summed E-state index contributed by atoms with van der Waals surface area (Å²) in [6, 6.07) is 0. The van der Waals surface area contributed by atoms with E-state index >= 15 is 0 Å². The average Bonchev–Trinajstić information content (AvgIpc) is 3.01. The molecule has 120 valence electrons. The SMILES string of the molecule is CCOC(=O)c1csc(NC(=O)Cn2cc[n+](C)c2C)n1.[Cl-]. The van der Waals surface area contributed by atoms with E-state index in [0.29, 0.717) is 11.7 Å². The molecule has 7 nitrogen and oxygen atoms in total. The Bertz CT molecular complexity index is 668. The molecule has 0 unspecified atom stereocenters. The Morgan fingerprint density at radius 3 is 2.82 bits per heavy atom. The first-order valence-corrected chi connectivity index (χ1v) is 7.33. The molecule has 2 heterocycles. The lowest BCUT2D eigenvalue weighted by Gasteiger charge is -2.00. The van der Waals surface area contributed by atoms with Gasteiger partial charge in [-0.2, -0.15) is 0 Å². The first-order valence-electron chi connectivity index (χ1n) is 6.45. The second-order valence-corrected chi connectivity index (χ2v) is 5.25. The minimum Gasteiger partial charge on any atom is -1.00 e. The zero-order valence-electron chi connectivity index (χ0n) is 12.5. The van der Waals surface area contributed by atoms with Crippen molar-refractivity contribution in [2.45, 2.75) is 20.4 Å². The molecular weight excluding hydrogens is 328 g/mol. The van der Waals surface area contributed by atoms with Crippen LogP contribution in [0.1, 0.15) is 23.2 Å². The van der Waals surface area contributed by atoms with Gasteiger partial charge in [0.15, 0.2) is 17.4 Å². The summed E-state index contributed by atoms with van der Waals surface area (Å²) >= 11 is 1.19. The third-order valence-electron chi connectivity index (χ3n) is 2.95. The van der Waals surface area contributed by atoms with Crippen LogP contribution < -0.4 is 22.3 Å². The van der Waals surface area contributed by atoms with Gasteiger partial charge in [-0.15, -0.1) is 11.3 Å². The van der Waals surface area contributed by atoms with Crippen molar-refractivity contribution >= 4 is 28.3 Å². The summed E-state index contributed by atoms with van der Waals surface area (Å²) in [5.41, 5.74) is 0.209. The third-order valence-corrected chi connectivity index (χ3v) is 3.70. The maximum Gasteiger partial charge on any atom is 0.357 e. The maximum absolute atomic E-state index is 12.0. The number of thiazole rings is 1. The number of halogens is 1. The van der Waals surface area contributed by atoms with Gasteiger partial charge in [-0.1, -0.05) is 0 Å². The number of esters is 1. The molecular formula is C13H17ClN4O3S. The number of aryl methyl sites for hydroxylation is 1. The quantitative estimate of drug-likeness (QED) is 0.498. The zero-order valence-corrected chi connectivity index (χ0v) is 14.1. The summed E-state index contributed by atoms with van der Waals surface area (Å²) in [6.45, 7) is 4.14. The van der Waals surface area contributed by atoms with Crippen LogP contribution in [0.3, 0.4) is 0 Å². The van der Waals surface area contributed by atoms with E-state index in [9.17, 15) is 9.59 Å². The standard InChI is InChI=1S/C13H16N4O3S.ClH/c1-4-20-12(19)10-8-21-13(14-10)15-11(18)7-17-6-5-16(3)9(17)2;/h5-6,8H,4,7H2,1-3H3;1H. The zero-order chi connectivity index (χ0) is 15.4. The number of carbonyl (C=O) groups is 2. The summed E-state index contributed by atoms with van der Waals surface area (Å²) < 4.78 is 8.60. The number of carbonyl (C=O) groups excluding carboxylic acids is 2. The van der Waals surface area contributed by atoms with Gasteiger partial charge in [-0.25, -0.2) is 18.9 Å². The van der Waals surface area contributed by atoms with E-state index in [4.69, 9.17) is 4.74 Å². The van der Waals surface area contributed by atoms with Crippen LogP contribution in [0, 0.1) is 6.92 Å². The molecule has 22 heavy (non-hydrogen) atoms. The summed E-state index contributed by atoms with van der Waals surface area (Å²) in [5, 5.41) is 4.63. The van der Waals surface area contributed by atoms with Gasteiger partial charge < -0.3 is 17.1 Å². The van der Waals surface area contributed by atoms with Crippen LogP contribution in [0.25, 0.3) is 0 Å². The van der Waals surface area contributed by atoms with Gasteiger partial charge in [0.25, 0.3) is 11.7 Å². The minimum atomic E-state index is -0.484. The van der Waals surface area contributed by atoms with Crippen LogP contribution in [0.4, 0.5) is 5.13 Å². The molecule has 0 aliphatic heterocycles. The number of aromatic nitrogens is 3. The van der Waals surface area contributed by atoms with Gasteiger partial charge in [0.1, 0.15) is 12.4 Å². The van der Waals surface area contributed by atoms with Crippen LogP contribution in [-0.2, 0) is 23.1 Å². The van der Waals surface area contributed by atoms with Crippen molar-refractivity contribution in [3.63, 3.8) is 0 Å². The van der Waals surface area contributed by atoms with E-state index in [2.05, 4.69) is 10.3 Å². The largest absolute Gasteiger partial charge is 1.00 e. The molecule has 0 fully saturated rings. The number of rotatable bonds is 5. The molecule has 2 rings (SSSR count). The molecule has 9 heteroatoms. The Labute approximate surface area is 138 Å². The molecule has 0 saturated carbocycles. The minimum absolute atomic E-state index is 0. The highest BCUT2D eigenvalue weighted by Crippen LogP contribution is 2.16. The highest BCUT2D eigenvalue weighted by molar-refractivity contribution is 7.14. The van der Waals surface area contributed by atoms with E-state index in [0.717, 1.165) is 5.82 Å². The number of amides is 1. The molecule has 1 amide bonds. The highest BCUT2D eigenvalue weighted by Gasteiger charge is 2.16. The summed E-state index contributed by atoms with van der Waals surface area (Å²) in [4.78, 5) is 27.5. The van der Waals surface area contributed by atoms with Crippen molar-refractivity contribution in [1.29, 1.82) is 0 Å². The normalized spacial score (nSPS) is 9.95. The van der Waals surface area contributed by atoms with Crippen molar-refractivity contribution in [3.05, 3.63) is 29.3 Å². The molecule has 0 radical (unpaired) electrons. The van der Waals surface area contributed by atoms with Crippen molar-refractivity contribution in [2.24, 2.45) is 7.05 Å². The number of nitrogens with one attached hydrogen (secondary N) is 1. The Hall–Kier alpha value is -1.93. The Kier molecular flexibility index (Phi) is 6.51. The van der Waals surface area contributed by atoms with E-state index in [1.807, 2.05) is 35.5 Å². The van der Waals surface area contributed by atoms with Crippen molar-refractivity contribution in [2.75, 3.05) is 11.9 Å². The predicted molar refractivity (Wildman–Crippen MR) is 77.0 cm³/mol. The topological polar surface area (TPSA) is 77.1 Å². The number of imidazole rings is 1. The summed E-state index contributed by atoms with van der Waals surface area (Å²) in [5.74, 6) is 0.290. The van der Waals surface area contributed by atoms with Gasteiger partial charge in [0.2, 0.25) is 0 Å². The molecule has 1 N–H and O–H groups in total. The highest BCUT2D eigenvalue weighted by atomic mass is 35.5. The van der Waals surface area contributed by atoms with Crippen LogP contribution in [0.15, 0.2) is 17.8 Å². The van der Waals surface area contributed by atoms with Gasteiger partial charge >= 0.3 is 5.97 Å². The first-order chi connectivity index (χ1) is 10.0. The van der Waals surface area contributed by atoms with Crippen LogP contribution in [0.5, 0.6) is 0 Å². The maximum atomic E-state index is 12.0. The van der Waals surface area contributed by atoms with Gasteiger partial charge in [0.05, 0.1) is 13.7 Å². The van der Waals surface area contributed by atoms with Gasteiger partial charge in [-0.3, -0.25) is 10.1 Å². The molecule has 0 bridgehead atoms. The Balaban J connectivity index is 0.00000242. The lowest BCUT2D eigenvalue weighted by molar-refractivity contribution is -0.677. The average molecular weight is 345 g/mol. The lowest BCUT2D eigenvalue weighted by Crippen LogP contribution is -3.00. The first kappa shape index (κ1) is 18.1. The third kappa shape index (κ3) is 4.28. The van der Waals surface area contributed by atoms with Gasteiger partial charge in [-0.05, 0) is 6.92 Å². The molecule has 0 atom stereocenters. The number of nitrogens with zero attached hydrogens (tertiary/aromatic N) is 3. The van der Waals surface area contributed by atoms with Crippen molar-refractivity contribution in [1.82, 2.24) is 9.55 Å². The smallest absolute Gasteiger partial charge is 0.357 e. The fraction of sp³-hybridized carbons (Fsp3) is 0.385. The van der Waals surface area contributed by atoms with Crippen LogP contribution in [0.2, 0.25) is 0 Å². The molecule has 0 aliphatic rings. The molecule has 2 aromatic heterocycles. The van der Waals surface area contributed by atoms with Crippen LogP contribution in [-0.4, -0.2) is 28.0 Å². The van der Waals surface area contributed by atoms with Crippen molar-refractivity contribution < 1.29 is 31.3 Å². The Morgan fingerprint density at radius 1 is 1.50 bits per heavy atom. The molecule has 0 aromatic carbocycles. The molecule has 0 aliphatic carbocycles. The molecule has 2 aromatic rings. The van der Waals surface area contributed by atoms with Gasteiger partial charge in [0, 0.05) is 12.3 Å². The number of anilines is 1. The van der Waals surface area contributed by atoms with E-state index < -0.39 is 5.97 Å². The Morgan fingerprint density at radius 2 is 2.23 bits per heavy atom. The summed E-state index contributed by atoms with van der Waals surface area (Å²) in [6.07, 6.45) is 3.71. The monoisotopic (exact) mass is 344 g/mol. The fourth-order valence-corrected chi connectivity index (χ4v) is 2.41. The fourth-order valence-electron chi connectivity index (χ4n) is 1.71. The van der Waals surface area contributed by atoms with E-state index in [1.165, 1.54) is 11.3 Å². The lowest BCUT2D eigenvalue weighted by atomic mass is 10.5. The number of hydrogen-bond acceptors (Lipinski definition) is 5. The van der Waals surface area contributed by atoms with E-state index in [1.54, 1.807) is 12.3 Å². The van der Waals surface area contributed by atoms with Crippen LogP contribution >= 0.6 is 11.3 Å². The number of ether oxygens (including phenoxy) is 1.